The molecular formula is C13H11F3O2S. The number of hydrogen-bond acceptors (Lipinski definition) is 2. The van der Waals surface area contributed by atoms with E-state index in [1.165, 1.54) is 17.4 Å². The maximum Gasteiger partial charge on any atom is 0.416 e. The molecule has 1 unspecified atom stereocenters. The van der Waals surface area contributed by atoms with Gasteiger partial charge in [-0.15, -0.1) is 11.3 Å². The maximum atomic E-state index is 12.6. The molecule has 2 nitrogen and oxygen atoms in total. The summed E-state index contributed by atoms with van der Waals surface area (Å²) in [4.78, 5) is 11.5. The minimum absolute atomic E-state index is 0.329. The van der Waals surface area contributed by atoms with E-state index in [1.807, 2.05) is 0 Å². The van der Waals surface area contributed by atoms with Gasteiger partial charge in [-0.3, -0.25) is 4.79 Å². The van der Waals surface area contributed by atoms with Gasteiger partial charge in [-0.2, -0.15) is 13.2 Å². The molecule has 0 aliphatic rings. The molecule has 1 atom stereocenters. The fourth-order valence-corrected chi connectivity index (χ4v) is 2.98. The fraction of sp³-hybridized carbons (Fsp3) is 0.308. The van der Waals surface area contributed by atoms with Gasteiger partial charge >= 0.3 is 12.1 Å². The zero-order valence-corrected chi connectivity index (χ0v) is 10.8. The van der Waals surface area contributed by atoms with Crippen molar-refractivity contribution < 1.29 is 23.1 Å². The maximum absolute atomic E-state index is 12.6. The van der Waals surface area contributed by atoms with Crippen molar-refractivity contribution >= 4 is 27.4 Å². The molecule has 0 aliphatic carbocycles. The summed E-state index contributed by atoms with van der Waals surface area (Å²) < 4.78 is 38.2. The Balaban J connectivity index is 2.33. The van der Waals surface area contributed by atoms with Gasteiger partial charge in [-0.1, -0.05) is 13.0 Å². The summed E-state index contributed by atoms with van der Waals surface area (Å²) in [6.07, 6.45) is -4.03. The van der Waals surface area contributed by atoms with E-state index in [0.29, 0.717) is 16.5 Å². The monoisotopic (exact) mass is 288 g/mol. The van der Waals surface area contributed by atoms with Gasteiger partial charge in [0, 0.05) is 9.58 Å². The Morgan fingerprint density at radius 3 is 2.63 bits per heavy atom. The molecule has 1 N–H and O–H groups in total. The SMILES string of the molecule is CC(Cc1cc2ccc(C(F)(F)F)cc2s1)C(=O)O. The Morgan fingerprint density at radius 1 is 1.37 bits per heavy atom. The first-order chi connectivity index (χ1) is 8.77. The number of aliphatic carboxylic acids is 1. The van der Waals surface area contributed by atoms with E-state index in [2.05, 4.69) is 0 Å². The first-order valence-electron chi connectivity index (χ1n) is 5.60. The average molecular weight is 288 g/mol. The van der Waals surface area contributed by atoms with E-state index in [-0.39, 0.29) is 0 Å². The molecule has 0 aliphatic heterocycles. The lowest BCUT2D eigenvalue weighted by Gasteiger charge is -2.05. The molecule has 1 aromatic carbocycles. The number of fused-ring (bicyclic) bond motifs is 1. The second-order valence-electron chi connectivity index (χ2n) is 4.41. The van der Waals surface area contributed by atoms with E-state index < -0.39 is 23.6 Å². The third-order valence-corrected chi connectivity index (χ3v) is 3.95. The zero-order chi connectivity index (χ0) is 14.2. The number of thiophene rings is 1. The predicted molar refractivity (Wildman–Crippen MR) is 67.3 cm³/mol. The van der Waals surface area contributed by atoms with Crippen LogP contribution in [0.4, 0.5) is 13.2 Å². The molecule has 6 heteroatoms. The molecular weight excluding hydrogens is 277 g/mol. The Kier molecular flexibility index (Phi) is 3.54. The predicted octanol–water partition coefficient (Wildman–Crippen LogP) is 4.18. The van der Waals surface area contributed by atoms with Gasteiger partial charge in [0.25, 0.3) is 0 Å². The van der Waals surface area contributed by atoms with Crippen molar-refractivity contribution in [2.24, 2.45) is 5.92 Å². The van der Waals surface area contributed by atoms with Crippen molar-refractivity contribution in [2.75, 3.05) is 0 Å². The fourth-order valence-electron chi connectivity index (χ4n) is 1.75. The van der Waals surface area contributed by atoms with Gasteiger partial charge in [0.15, 0.2) is 0 Å². The molecule has 0 amide bonds. The van der Waals surface area contributed by atoms with Crippen molar-refractivity contribution in [3.8, 4) is 0 Å². The van der Waals surface area contributed by atoms with Crippen LogP contribution in [-0.4, -0.2) is 11.1 Å². The first-order valence-corrected chi connectivity index (χ1v) is 6.41. The molecule has 1 aromatic heterocycles. The lowest BCUT2D eigenvalue weighted by atomic mass is 10.1. The summed E-state index contributed by atoms with van der Waals surface area (Å²) in [5, 5.41) is 9.54. The van der Waals surface area contributed by atoms with Crippen LogP contribution < -0.4 is 0 Å². The Labute approximate surface area is 111 Å². The average Bonchev–Trinajstić information content (AvgIpc) is 2.68. The summed E-state index contributed by atoms with van der Waals surface area (Å²) in [7, 11) is 0. The highest BCUT2D eigenvalue weighted by Gasteiger charge is 2.30. The summed E-state index contributed by atoms with van der Waals surface area (Å²) >= 11 is 1.21. The second-order valence-corrected chi connectivity index (χ2v) is 5.57. The number of carboxylic acid groups (broad SMARTS) is 1. The van der Waals surface area contributed by atoms with Crippen LogP contribution in [0.5, 0.6) is 0 Å². The standard InChI is InChI=1S/C13H11F3O2S/c1-7(12(17)18)4-10-5-8-2-3-9(13(14,15)16)6-11(8)19-10/h2-3,5-7H,4H2,1H3,(H,17,18). The van der Waals surface area contributed by atoms with Gasteiger partial charge in [-0.25, -0.2) is 0 Å². The Morgan fingerprint density at radius 2 is 2.05 bits per heavy atom. The highest BCUT2D eigenvalue weighted by molar-refractivity contribution is 7.19. The summed E-state index contributed by atoms with van der Waals surface area (Å²) in [5.74, 6) is -1.46. The Hall–Kier alpha value is -1.56. The van der Waals surface area contributed by atoms with E-state index >= 15 is 0 Å². The highest BCUT2D eigenvalue weighted by Crippen LogP contribution is 2.34. The topological polar surface area (TPSA) is 37.3 Å². The Bertz CT molecular complexity index is 616. The van der Waals surface area contributed by atoms with Crippen molar-refractivity contribution in [1.82, 2.24) is 0 Å². The van der Waals surface area contributed by atoms with Gasteiger partial charge < -0.3 is 5.11 Å². The van der Waals surface area contributed by atoms with Gasteiger partial charge in [0.05, 0.1) is 11.5 Å². The molecule has 102 valence electrons. The zero-order valence-electron chi connectivity index (χ0n) is 9.99. The minimum atomic E-state index is -4.35. The summed E-state index contributed by atoms with van der Waals surface area (Å²) in [5.41, 5.74) is -0.681. The van der Waals surface area contributed by atoms with Crippen LogP contribution in [0.15, 0.2) is 24.3 Å². The minimum Gasteiger partial charge on any atom is -0.481 e. The van der Waals surface area contributed by atoms with E-state index in [4.69, 9.17) is 5.11 Å². The van der Waals surface area contributed by atoms with Crippen LogP contribution in [0.1, 0.15) is 17.4 Å². The number of hydrogen-bond donors (Lipinski definition) is 1. The number of carbonyl (C=O) groups is 1. The first kappa shape index (κ1) is 13.9. The quantitative estimate of drug-likeness (QED) is 0.919. The van der Waals surface area contributed by atoms with Crippen molar-refractivity contribution in [3.63, 3.8) is 0 Å². The van der Waals surface area contributed by atoms with Crippen LogP contribution in [0.3, 0.4) is 0 Å². The van der Waals surface area contributed by atoms with Crippen molar-refractivity contribution in [3.05, 3.63) is 34.7 Å². The number of benzene rings is 1. The smallest absolute Gasteiger partial charge is 0.416 e. The molecule has 2 rings (SSSR count). The number of carboxylic acids is 1. The highest BCUT2D eigenvalue weighted by atomic mass is 32.1. The molecule has 0 fully saturated rings. The largest absolute Gasteiger partial charge is 0.481 e. The van der Waals surface area contributed by atoms with E-state index in [9.17, 15) is 18.0 Å². The van der Waals surface area contributed by atoms with Crippen molar-refractivity contribution in [2.45, 2.75) is 19.5 Å². The molecule has 0 saturated carbocycles. The van der Waals surface area contributed by atoms with Gasteiger partial charge in [0.2, 0.25) is 0 Å². The van der Waals surface area contributed by atoms with Crippen molar-refractivity contribution in [1.29, 1.82) is 0 Å². The molecule has 0 radical (unpaired) electrons. The molecule has 19 heavy (non-hydrogen) atoms. The molecule has 0 saturated heterocycles. The third kappa shape index (κ3) is 3.07. The number of alkyl halides is 3. The second kappa shape index (κ2) is 4.85. The van der Waals surface area contributed by atoms with Crippen LogP contribution in [0.2, 0.25) is 0 Å². The van der Waals surface area contributed by atoms with Crippen LogP contribution in [-0.2, 0) is 17.4 Å². The molecule has 1 heterocycles. The van der Waals surface area contributed by atoms with E-state index in [0.717, 1.165) is 17.0 Å². The summed E-state index contributed by atoms with van der Waals surface area (Å²) in [6.45, 7) is 1.58. The lowest BCUT2D eigenvalue weighted by molar-refractivity contribution is -0.141. The van der Waals surface area contributed by atoms with Gasteiger partial charge in [0.1, 0.15) is 0 Å². The van der Waals surface area contributed by atoms with Gasteiger partial charge in [-0.05, 0) is 30.0 Å². The van der Waals surface area contributed by atoms with Crippen LogP contribution >= 0.6 is 11.3 Å². The molecule has 0 spiro atoms. The van der Waals surface area contributed by atoms with Crippen LogP contribution in [0.25, 0.3) is 10.1 Å². The number of rotatable bonds is 3. The van der Waals surface area contributed by atoms with E-state index in [1.54, 1.807) is 13.0 Å². The summed E-state index contributed by atoms with van der Waals surface area (Å²) in [6, 6.07) is 5.32. The molecule has 2 aromatic rings. The lowest BCUT2D eigenvalue weighted by Crippen LogP contribution is -2.11. The third-order valence-electron chi connectivity index (χ3n) is 2.83. The van der Waals surface area contributed by atoms with Crippen LogP contribution in [0, 0.1) is 5.92 Å². The number of halogens is 3. The normalized spacial score (nSPS) is 13.7. The molecule has 0 bridgehead atoms.